The van der Waals surface area contributed by atoms with Gasteiger partial charge in [-0.2, -0.15) is 13.2 Å². The molecule has 2 fully saturated rings. The van der Waals surface area contributed by atoms with Gasteiger partial charge < -0.3 is 14.7 Å². The molecule has 4 rings (SSSR count). The molecule has 1 aromatic carbocycles. The summed E-state index contributed by atoms with van der Waals surface area (Å²) in [5.74, 6) is -0.911. The van der Waals surface area contributed by atoms with Crippen molar-refractivity contribution in [1.29, 1.82) is 0 Å². The van der Waals surface area contributed by atoms with E-state index in [2.05, 4.69) is 14.9 Å². The highest BCUT2D eigenvalue weighted by Crippen LogP contribution is 2.35. The maximum Gasteiger partial charge on any atom is 0.393 e. The predicted octanol–water partition coefficient (Wildman–Crippen LogP) is 3.59. The standard InChI is InChI=1S/C22H26F3N5O/c1-16(31)28-9-11-29(12-10-28)20-7-3-2-6-19(20)17-13-26-21(27-14-17)30-8-4-5-18(15-30)22(23,24)25/h2-3,6-7,13-14,18H,4-5,8-12,15H2,1H3. The summed E-state index contributed by atoms with van der Waals surface area (Å²) in [6, 6.07) is 7.93. The zero-order chi connectivity index (χ0) is 22.0. The average molecular weight is 433 g/mol. The van der Waals surface area contributed by atoms with Gasteiger partial charge in [-0.25, -0.2) is 9.97 Å². The molecule has 1 atom stereocenters. The first-order chi connectivity index (χ1) is 14.8. The Balaban J connectivity index is 1.51. The van der Waals surface area contributed by atoms with Crippen molar-refractivity contribution >= 4 is 17.5 Å². The molecule has 2 saturated heterocycles. The van der Waals surface area contributed by atoms with Crippen LogP contribution in [0, 0.1) is 5.92 Å². The molecule has 2 aliphatic heterocycles. The molecule has 1 unspecified atom stereocenters. The first-order valence-electron chi connectivity index (χ1n) is 10.6. The van der Waals surface area contributed by atoms with E-state index < -0.39 is 12.1 Å². The first-order valence-corrected chi connectivity index (χ1v) is 10.6. The molecule has 0 radical (unpaired) electrons. The highest BCUT2D eigenvalue weighted by Gasteiger charge is 2.42. The molecule has 3 heterocycles. The molecule has 1 aromatic heterocycles. The summed E-state index contributed by atoms with van der Waals surface area (Å²) in [5.41, 5.74) is 2.83. The number of carbonyl (C=O) groups excluding carboxylic acids is 1. The van der Waals surface area contributed by atoms with Gasteiger partial charge in [0.2, 0.25) is 11.9 Å². The van der Waals surface area contributed by atoms with E-state index in [1.54, 1.807) is 24.2 Å². The monoisotopic (exact) mass is 433 g/mol. The number of hydrogen-bond acceptors (Lipinski definition) is 5. The first kappa shape index (κ1) is 21.4. The fourth-order valence-electron chi connectivity index (χ4n) is 4.31. The Bertz CT molecular complexity index is 910. The van der Waals surface area contributed by atoms with Crippen LogP contribution in [0.3, 0.4) is 0 Å². The minimum Gasteiger partial charge on any atom is -0.367 e. The number of alkyl halides is 3. The van der Waals surface area contributed by atoms with Crippen molar-refractivity contribution in [3.05, 3.63) is 36.7 Å². The fourth-order valence-corrected chi connectivity index (χ4v) is 4.31. The van der Waals surface area contributed by atoms with Crippen LogP contribution in [0.4, 0.5) is 24.8 Å². The maximum absolute atomic E-state index is 13.1. The van der Waals surface area contributed by atoms with E-state index in [0.29, 0.717) is 32.0 Å². The second-order valence-electron chi connectivity index (χ2n) is 8.11. The summed E-state index contributed by atoms with van der Waals surface area (Å²) >= 11 is 0. The van der Waals surface area contributed by atoms with Gasteiger partial charge in [-0.1, -0.05) is 18.2 Å². The minimum absolute atomic E-state index is 0.0856. The minimum atomic E-state index is -4.19. The van der Waals surface area contributed by atoms with Crippen molar-refractivity contribution in [2.24, 2.45) is 5.92 Å². The molecule has 166 valence electrons. The van der Waals surface area contributed by atoms with Crippen molar-refractivity contribution < 1.29 is 18.0 Å². The smallest absolute Gasteiger partial charge is 0.367 e. The molecule has 6 nitrogen and oxygen atoms in total. The largest absolute Gasteiger partial charge is 0.393 e. The summed E-state index contributed by atoms with van der Waals surface area (Å²) in [4.78, 5) is 26.1. The van der Waals surface area contributed by atoms with Crippen LogP contribution >= 0.6 is 0 Å². The van der Waals surface area contributed by atoms with E-state index in [1.165, 1.54) is 0 Å². The Morgan fingerprint density at radius 2 is 1.68 bits per heavy atom. The van der Waals surface area contributed by atoms with Crippen molar-refractivity contribution in [3.63, 3.8) is 0 Å². The van der Waals surface area contributed by atoms with E-state index in [0.717, 1.165) is 29.9 Å². The van der Waals surface area contributed by atoms with Gasteiger partial charge in [-0.15, -0.1) is 0 Å². The number of rotatable bonds is 3. The average Bonchev–Trinajstić information content (AvgIpc) is 2.79. The van der Waals surface area contributed by atoms with E-state index >= 15 is 0 Å². The van der Waals surface area contributed by atoms with Crippen LogP contribution in [0.25, 0.3) is 11.1 Å². The third-order valence-corrected chi connectivity index (χ3v) is 6.09. The third-order valence-electron chi connectivity index (χ3n) is 6.09. The van der Waals surface area contributed by atoms with Gasteiger partial charge in [0.1, 0.15) is 0 Å². The second-order valence-corrected chi connectivity index (χ2v) is 8.11. The number of amides is 1. The van der Waals surface area contributed by atoms with Crippen molar-refractivity contribution in [2.75, 3.05) is 49.1 Å². The Morgan fingerprint density at radius 3 is 2.32 bits per heavy atom. The number of hydrogen-bond donors (Lipinski definition) is 0. The van der Waals surface area contributed by atoms with Crippen molar-refractivity contribution in [1.82, 2.24) is 14.9 Å². The number of para-hydroxylation sites is 1. The van der Waals surface area contributed by atoms with Gasteiger partial charge in [-0.05, 0) is 18.9 Å². The highest BCUT2D eigenvalue weighted by atomic mass is 19.4. The van der Waals surface area contributed by atoms with Gasteiger partial charge in [-0.3, -0.25) is 4.79 Å². The lowest BCUT2D eigenvalue weighted by Gasteiger charge is -2.36. The molecular formula is C22H26F3N5O. The van der Waals surface area contributed by atoms with Crippen LogP contribution in [-0.2, 0) is 4.79 Å². The Kier molecular flexibility index (Phi) is 6.02. The van der Waals surface area contributed by atoms with Gasteiger partial charge in [0.15, 0.2) is 0 Å². The van der Waals surface area contributed by atoms with Gasteiger partial charge in [0.05, 0.1) is 5.92 Å². The zero-order valence-electron chi connectivity index (χ0n) is 17.5. The van der Waals surface area contributed by atoms with Crippen LogP contribution in [0.2, 0.25) is 0 Å². The Labute approximate surface area is 179 Å². The van der Waals surface area contributed by atoms with Crippen LogP contribution < -0.4 is 9.80 Å². The lowest BCUT2D eigenvalue weighted by Crippen LogP contribution is -2.48. The van der Waals surface area contributed by atoms with E-state index in [1.807, 2.05) is 29.2 Å². The quantitative estimate of drug-likeness (QED) is 0.741. The van der Waals surface area contributed by atoms with Crippen LogP contribution in [-0.4, -0.2) is 66.2 Å². The van der Waals surface area contributed by atoms with Gasteiger partial charge in [0.25, 0.3) is 0 Å². The number of aromatic nitrogens is 2. The number of benzene rings is 1. The number of piperazine rings is 1. The molecule has 31 heavy (non-hydrogen) atoms. The normalized spacial score (nSPS) is 20.1. The van der Waals surface area contributed by atoms with Crippen LogP contribution in [0.5, 0.6) is 0 Å². The third kappa shape index (κ3) is 4.75. The van der Waals surface area contributed by atoms with E-state index in [4.69, 9.17) is 0 Å². The SMILES string of the molecule is CC(=O)N1CCN(c2ccccc2-c2cnc(N3CCCC(C(F)(F)F)C3)nc2)CC1. The second kappa shape index (κ2) is 8.72. The van der Waals surface area contributed by atoms with Crippen molar-refractivity contribution in [2.45, 2.75) is 25.9 Å². The highest BCUT2D eigenvalue weighted by molar-refractivity contribution is 5.78. The molecule has 0 aliphatic carbocycles. The lowest BCUT2D eigenvalue weighted by molar-refractivity contribution is -0.176. The Hall–Kier alpha value is -2.84. The zero-order valence-corrected chi connectivity index (χ0v) is 17.5. The van der Waals surface area contributed by atoms with Gasteiger partial charge >= 0.3 is 6.18 Å². The molecular weight excluding hydrogens is 407 g/mol. The lowest BCUT2D eigenvalue weighted by atomic mass is 9.98. The fraction of sp³-hybridized carbons (Fsp3) is 0.500. The molecule has 0 N–H and O–H groups in total. The number of piperidine rings is 1. The molecule has 0 saturated carbocycles. The Morgan fingerprint density at radius 1 is 1.00 bits per heavy atom. The summed E-state index contributed by atoms with van der Waals surface area (Å²) in [5, 5.41) is 0. The topological polar surface area (TPSA) is 52.6 Å². The maximum atomic E-state index is 13.1. The summed E-state index contributed by atoms with van der Waals surface area (Å²) in [6.45, 7) is 4.84. The molecule has 0 bridgehead atoms. The van der Waals surface area contributed by atoms with Crippen molar-refractivity contribution in [3.8, 4) is 11.1 Å². The summed E-state index contributed by atoms with van der Waals surface area (Å²) in [7, 11) is 0. The number of nitrogens with zero attached hydrogens (tertiary/aromatic N) is 5. The summed E-state index contributed by atoms with van der Waals surface area (Å²) < 4.78 is 39.3. The number of carbonyl (C=O) groups is 1. The predicted molar refractivity (Wildman–Crippen MR) is 113 cm³/mol. The molecule has 2 aliphatic rings. The number of anilines is 2. The number of halogens is 3. The molecule has 2 aromatic rings. The van der Waals surface area contributed by atoms with Crippen LogP contribution in [0.1, 0.15) is 19.8 Å². The van der Waals surface area contributed by atoms with Gasteiger partial charge in [0, 0.05) is 75.4 Å². The van der Waals surface area contributed by atoms with E-state index in [9.17, 15) is 18.0 Å². The van der Waals surface area contributed by atoms with E-state index in [-0.39, 0.29) is 18.9 Å². The summed E-state index contributed by atoms with van der Waals surface area (Å²) in [6.07, 6.45) is -0.189. The van der Waals surface area contributed by atoms with Crippen LogP contribution in [0.15, 0.2) is 36.7 Å². The molecule has 1 amide bonds. The molecule has 0 spiro atoms. The molecule has 9 heteroatoms.